The van der Waals surface area contributed by atoms with Gasteiger partial charge in [-0.3, -0.25) is 0 Å². The van der Waals surface area contributed by atoms with Gasteiger partial charge in [0.25, 0.3) is 0 Å². The van der Waals surface area contributed by atoms with Crippen molar-refractivity contribution in [1.82, 2.24) is 0 Å². The largest absolute Gasteiger partial charge is 0.302 e. The molecule has 0 radical (unpaired) electrons. The van der Waals surface area contributed by atoms with Crippen LogP contribution in [0.15, 0.2) is 0 Å². The van der Waals surface area contributed by atoms with E-state index in [0.717, 1.165) is 19.1 Å². The van der Waals surface area contributed by atoms with Crippen molar-refractivity contribution in [3.63, 3.8) is 0 Å². The second-order valence-electron chi connectivity index (χ2n) is 1.92. The second kappa shape index (κ2) is 1.83. The van der Waals surface area contributed by atoms with Gasteiger partial charge in [-0.2, -0.15) is 0 Å². The number of aldehydes is 1. The molecule has 0 aromatic carbocycles. The van der Waals surface area contributed by atoms with Gasteiger partial charge in [-0.25, -0.2) is 0 Å². The summed E-state index contributed by atoms with van der Waals surface area (Å²) in [7, 11) is 0. The summed E-state index contributed by atoms with van der Waals surface area (Å²) in [5.41, 5.74) is 0. The molecule has 0 saturated heterocycles. The van der Waals surface area contributed by atoms with Crippen molar-refractivity contribution in [2.75, 3.05) is 0 Å². The quantitative estimate of drug-likeness (QED) is 0.393. The molecule has 1 nitrogen and oxygen atoms in total. The number of halogens is 1. The Bertz CT molecular complexity index is 78.1. The Morgan fingerprint density at radius 3 is 2.43 bits per heavy atom. The molecule has 1 aliphatic rings. The first-order valence-corrected chi connectivity index (χ1v) is 2.87. The van der Waals surface area contributed by atoms with Gasteiger partial charge in [0.05, 0.1) is 5.38 Å². The normalized spacial score (nSPS) is 24.1. The molecule has 0 bridgehead atoms. The van der Waals surface area contributed by atoms with Crippen molar-refractivity contribution in [1.29, 1.82) is 0 Å². The first-order chi connectivity index (χ1) is 3.34. The smallest absolute Gasteiger partial charge is 0.138 e. The van der Waals surface area contributed by atoms with Crippen molar-refractivity contribution < 1.29 is 4.79 Å². The summed E-state index contributed by atoms with van der Waals surface area (Å²) in [6.07, 6.45) is 3.11. The van der Waals surface area contributed by atoms with Gasteiger partial charge in [0.1, 0.15) is 6.29 Å². The van der Waals surface area contributed by atoms with Gasteiger partial charge in [0, 0.05) is 0 Å². The van der Waals surface area contributed by atoms with Crippen LogP contribution in [0.25, 0.3) is 0 Å². The molecular weight excluding hydrogens is 112 g/mol. The second-order valence-corrected chi connectivity index (χ2v) is 2.42. The van der Waals surface area contributed by atoms with Crippen molar-refractivity contribution >= 4 is 17.9 Å². The summed E-state index contributed by atoms with van der Waals surface area (Å²) < 4.78 is 0. The molecule has 0 N–H and O–H groups in total. The fraction of sp³-hybridized carbons (Fsp3) is 0.800. The SMILES string of the molecule is O=CC(Cl)C1CC1. The van der Waals surface area contributed by atoms with E-state index in [1.807, 2.05) is 0 Å². The van der Waals surface area contributed by atoms with E-state index >= 15 is 0 Å². The van der Waals surface area contributed by atoms with E-state index in [0.29, 0.717) is 5.92 Å². The maximum Gasteiger partial charge on any atom is 0.138 e. The zero-order valence-corrected chi connectivity index (χ0v) is 4.69. The Labute approximate surface area is 47.7 Å². The number of carbonyl (C=O) groups excluding carboxylic acids is 1. The van der Waals surface area contributed by atoms with Crippen LogP contribution >= 0.6 is 11.6 Å². The Morgan fingerprint density at radius 2 is 2.29 bits per heavy atom. The van der Waals surface area contributed by atoms with Gasteiger partial charge in [-0.1, -0.05) is 0 Å². The van der Waals surface area contributed by atoms with E-state index in [9.17, 15) is 4.79 Å². The maximum atomic E-state index is 9.85. The highest BCUT2D eigenvalue weighted by Gasteiger charge is 2.28. The summed E-state index contributed by atoms with van der Waals surface area (Å²) in [5, 5.41) is -0.194. The lowest BCUT2D eigenvalue weighted by atomic mass is 10.3. The topological polar surface area (TPSA) is 17.1 Å². The minimum Gasteiger partial charge on any atom is -0.302 e. The van der Waals surface area contributed by atoms with Crippen molar-refractivity contribution in [2.24, 2.45) is 5.92 Å². The molecule has 0 spiro atoms. The first kappa shape index (κ1) is 5.10. The zero-order chi connectivity index (χ0) is 5.28. The van der Waals surface area contributed by atoms with Crippen LogP contribution in [0.1, 0.15) is 12.8 Å². The van der Waals surface area contributed by atoms with Crippen molar-refractivity contribution in [2.45, 2.75) is 18.2 Å². The lowest BCUT2D eigenvalue weighted by Crippen LogP contribution is -2.00. The molecule has 1 atom stereocenters. The molecule has 1 aliphatic carbocycles. The summed E-state index contributed by atoms with van der Waals surface area (Å²) in [6.45, 7) is 0. The van der Waals surface area contributed by atoms with Crippen molar-refractivity contribution in [3.8, 4) is 0 Å². The summed E-state index contributed by atoms with van der Waals surface area (Å²) >= 11 is 5.49. The third-order valence-corrected chi connectivity index (χ3v) is 1.66. The van der Waals surface area contributed by atoms with Gasteiger partial charge in [0.15, 0.2) is 0 Å². The molecule has 0 aliphatic heterocycles. The molecule has 0 heterocycles. The van der Waals surface area contributed by atoms with Gasteiger partial charge in [0.2, 0.25) is 0 Å². The third-order valence-electron chi connectivity index (χ3n) is 1.20. The zero-order valence-electron chi connectivity index (χ0n) is 3.93. The first-order valence-electron chi connectivity index (χ1n) is 2.44. The highest BCUT2D eigenvalue weighted by molar-refractivity contribution is 6.27. The number of hydrogen-bond donors (Lipinski definition) is 0. The molecule has 7 heavy (non-hydrogen) atoms. The Balaban J connectivity index is 2.22. The number of alkyl halides is 1. The highest BCUT2D eigenvalue weighted by atomic mass is 35.5. The minimum absolute atomic E-state index is 0.194. The predicted molar refractivity (Wildman–Crippen MR) is 28.4 cm³/mol. The van der Waals surface area contributed by atoms with Crippen LogP contribution in [0.2, 0.25) is 0 Å². The average molecular weight is 119 g/mol. The van der Waals surface area contributed by atoms with Gasteiger partial charge >= 0.3 is 0 Å². The Morgan fingerprint density at radius 1 is 1.71 bits per heavy atom. The number of hydrogen-bond acceptors (Lipinski definition) is 1. The van der Waals surface area contributed by atoms with Crippen LogP contribution in [0, 0.1) is 5.92 Å². The summed E-state index contributed by atoms with van der Waals surface area (Å²) in [6, 6.07) is 0. The van der Waals surface area contributed by atoms with E-state index < -0.39 is 0 Å². The van der Waals surface area contributed by atoms with Crippen LogP contribution in [0.4, 0.5) is 0 Å². The minimum atomic E-state index is -0.194. The van der Waals surface area contributed by atoms with E-state index in [4.69, 9.17) is 11.6 Å². The highest BCUT2D eigenvalue weighted by Crippen LogP contribution is 2.34. The van der Waals surface area contributed by atoms with E-state index in [1.54, 1.807) is 0 Å². The van der Waals surface area contributed by atoms with E-state index in [-0.39, 0.29) is 5.38 Å². The average Bonchev–Trinajstić information content (AvgIpc) is 2.44. The fourth-order valence-corrected chi connectivity index (χ4v) is 0.778. The molecular formula is C5H7ClO. The van der Waals surface area contributed by atoms with Gasteiger partial charge < -0.3 is 4.79 Å². The monoisotopic (exact) mass is 118 g/mol. The van der Waals surface area contributed by atoms with E-state index in [1.165, 1.54) is 0 Å². The van der Waals surface area contributed by atoms with Gasteiger partial charge in [-0.15, -0.1) is 11.6 Å². The van der Waals surface area contributed by atoms with Crippen LogP contribution in [-0.4, -0.2) is 11.7 Å². The Kier molecular flexibility index (Phi) is 1.33. The molecule has 0 amide bonds. The Hall–Kier alpha value is -0.0400. The maximum absolute atomic E-state index is 9.85. The van der Waals surface area contributed by atoms with Crippen LogP contribution in [-0.2, 0) is 4.79 Å². The molecule has 1 fully saturated rings. The lowest BCUT2D eigenvalue weighted by Gasteiger charge is -1.90. The molecule has 0 aromatic rings. The molecule has 1 saturated carbocycles. The van der Waals surface area contributed by atoms with Crippen LogP contribution < -0.4 is 0 Å². The van der Waals surface area contributed by atoms with Crippen LogP contribution in [0.3, 0.4) is 0 Å². The molecule has 2 heteroatoms. The van der Waals surface area contributed by atoms with E-state index in [2.05, 4.69) is 0 Å². The van der Waals surface area contributed by atoms with Crippen molar-refractivity contribution in [3.05, 3.63) is 0 Å². The summed E-state index contributed by atoms with van der Waals surface area (Å²) in [4.78, 5) is 9.85. The lowest BCUT2D eigenvalue weighted by molar-refractivity contribution is -0.107. The molecule has 40 valence electrons. The standard InChI is InChI=1S/C5H7ClO/c6-5(3-7)4-1-2-4/h3-5H,1-2H2. The fourth-order valence-electron chi connectivity index (χ4n) is 0.526. The molecule has 0 aromatic heterocycles. The molecule has 1 rings (SSSR count). The van der Waals surface area contributed by atoms with Crippen LogP contribution in [0.5, 0.6) is 0 Å². The van der Waals surface area contributed by atoms with Gasteiger partial charge in [-0.05, 0) is 18.8 Å². The number of carbonyl (C=O) groups is 1. The third kappa shape index (κ3) is 1.16. The number of rotatable bonds is 2. The summed E-state index contributed by atoms with van der Waals surface area (Å²) in [5.74, 6) is 0.513. The molecule has 1 unspecified atom stereocenters. The predicted octanol–water partition coefficient (Wildman–Crippen LogP) is 1.20.